The van der Waals surface area contributed by atoms with Gasteiger partial charge in [0.15, 0.2) is 5.96 Å². The van der Waals surface area contributed by atoms with Crippen LogP contribution in [0.4, 0.5) is 5.69 Å². The highest BCUT2D eigenvalue weighted by molar-refractivity contribution is 5.98. The minimum absolute atomic E-state index is 0.0389. The first-order valence-corrected chi connectivity index (χ1v) is 8.92. The Kier molecular flexibility index (Phi) is 6.08. The zero-order valence-corrected chi connectivity index (χ0v) is 16.1. The standard InChI is InChI=1S/C19H26N6O2/c1-20-19(21-10-15-6-4-5-7-16(15)14-27-3)24-8-9-25(18(26)13-24)17-11-22-23(2)12-17/h4-7,11-12H,8-10,13-14H2,1-3H3,(H,20,21). The molecule has 2 heterocycles. The molecule has 0 radical (unpaired) electrons. The number of guanidine groups is 1. The number of aromatic nitrogens is 2. The summed E-state index contributed by atoms with van der Waals surface area (Å²) in [6.07, 6.45) is 3.57. The summed E-state index contributed by atoms with van der Waals surface area (Å²) in [7, 11) is 5.27. The number of methoxy groups -OCH3 is 1. The van der Waals surface area contributed by atoms with Gasteiger partial charge in [-0.25, -0.2) is 0 Å². The van der Waals surface area contributed by atoms with Gasteiger partial charge in [0.1, 0.15) is 6.54 Å². The summed E-state index contributed by atoms with van der Waals surface area (Å²) in [5.41, 5.74) is 3.12. The number of aryl methyl sites for hydroxylation is 1. The van der Waals surface area contributed by atoms with Crippen LogP contribution in [0.1, 0.15) is 11.1 Å². The number of anilines is 1. The van der Waals surface area contributed by atoms with E-state index in [2.05, 4.69) is 27.5 Å². The summed E-state index contributed by atoms with van der Waals surface area (Å²) in [5, 5.41) is 7.51. The van der Waals surface area contributed by atoms with E-state index in [4.69, 9.17) is 4.74 Å². The number of piperazine rings is 1. The maximum absolute atomic E-state index is 12.6. The van der Waals surface area contributed by atoms with Crippen LogP contribution in [0, 0.1) is 0 Å². The largest absolute Gasteiger partial charge is 0.380 e. The highest BCUT2D eigenvalue weighted by atomic mass is 16.5. The molecule has 8 heteroatoms. The molecule has 0 bridgehead atoms. The molecule has 0 saturated carbocycles. The fourth-order valence-corrected chi connectivity index (χ4v) is 3.21. The lowest BCUT2D eigenvalue weighted by atomic mass is 10.1. The van der Waals surface area contributed by atoms with Gasteiger partial charge in [0.05, 0.1) is 18.5 Å². The van der Waals surface area contributed by atoms with E-state index in [1.807, 2.05) is 30.3 Å². The van der Waals surface area contributed by atoms with Crippen LogP contribution < -0.4 is 10.2 Å². The van der Waals surface area contributed by atoms with Crippen molar-refractivity contribution in [3.8, 4) is 0 Å². The van der Waals surface area contributed by atoms with E-state index in [0.717, 1.165) is 22.8 Å². The van der Waals surface area contributed by atoms with Crippen LogP contribution >= 0.6 is 0 Å². The van der Waals surface area contributed by atoms with Crippen LogP contribution in [0.5, 0.6) is 0 Å². The summed E-state index contributed by atoms with van der Waals surface area (Å²) in [6.45, 7) is 2.79. The number of carbonyl (C=O) groups is 1. The van der Waals surface area contributed by atoms with Crippen molar-refractivity contribution in [3.63, 3.8) is 0 Å². The Morgan fingerprint density at radius 1 is 1.30 bits per heavy atom. The number of carbonyl (C=O) groups excluding carboxylic acids is 1. The van der Waals surface area contributed by atoms with Crippen LogP contribution in [0.15, 0.2) is 41.7 Å². The number of rotatable bonds is 5. The molecule has 1 N–H and O–H groups in total. The van der Waals surface area contributed by atoms with E-state index in [9.17, 15) is 4.79 Å². The summed E-state index contributed by atoms with van der Waals surface area (Å²) in [5.74, 6) is 0.762. The van der Waals surface area contributed by atoms with Crippen molar-refractivity contribution in [2.24, 2.45) is 12.0 Å². The van der Waals surface area contributed by atoms with Gasteiger partial charge in [-0.15, -0.1) is 0 Å². The van der Waals surface area contributed by atoms with Gasteiger partial charge in [-0.3, -0.25) is 14.5 Å². The van der Waals surface area contributed by atoms with E-state index in [0.29, 0.717) is 26.2 Å². The lowest BCUT2D eigenvalue weighted by Gasteiger charge is -2.35. The summed E-state index contributed by atoms with van der Waals surface area (Å²) >= 11 is 0. The molecule has 8 nitrogen and oxygen atoms in total. The number of nitrogens with one attached hydrogen (secondary N) is 1. The van der Waals surface area contributed by atoms with Crippen LogP contribution in [0.3, 0.4) is 0 Å². The van der Waals surface area contributed by atoms with Crippen molar-refractivity contribution >= 4 is 17.6 Å². The van der Waals surface area contributed by atoms with E-state index < -0.39 is 0 Å². The van der Waals surface area contributed by atoms with Gasteiger partial charge >= 0.3 is 0 Å². The molecule has 1 fully saturated rings. The third-order valence-corrected chi connectivity index (χ3v) is 4.59. The molecule has 2 aromatic rings. The van der Waals surface area contributed by atoms with Crippen molar-refractivity contribution < 1.29 is 9.53 Å². The number of benzene rings is 1. The van der Waals surface area contributed by atoms with Crippen LogP contribution in [0.25, 0.3) is 0 Å². The molecule has 1 aliphatic heterocycles. The molecular weight excluding hydrogens is 344 g/mol. The molecule has 27 heavy (non-hydrogen) atoms. The van der Waals surface area contributed by atoms with Crippen molar-refractivity contribution in [2.75, 3.05) is 38.7 Å². The molecule has 3 rings (SSSR count). The Labute approximate surface area is 159 Å². The lowest BCUT2D eigenvalue weighted by molar-refractivity contribution is -0.120. The Hall–Kier alpha value is -2.87. The number of nitrogens with zero attached hydrogens (tertiary/aromatic N) is 5. The third-order valence-electron chi connectivity index (χ3n) is 4.59. The van der Waals surface area contributed by atoms with Crippen LogP contribution in [0.2, 0.25) is 0 Å². The zero-order chi connectivity index (χ0) is 19.2. The highest BCUT2D eigenvalue weighted by Crippen LogP contribution is 2.16. The SMILES string of the molecule is CN=C(NCc1ccccc1COC)N1CCN(c2cnn(C)c2)C(=O)C1. The summed E-state index contributed by atoms with van der Waals surface area (Å²) in [6, 6.07) is 8.14. The maximum Gasteiger partial charge on any atom is 0.246 e. The third kappa shape index (κ3) is 4.46. The lowest BCUT2D eigenvalue weighted by Crippen LogP contribution is -2.55. The van der Waals surface area contributed by atoms with Gasteiger partial charge in [-0.2, -0.15) is 5.10 Å². The van der Waals surface area contributed by atoms with Crippen LogP contribution in [-0.2, 0) is 29.7 Å². The molecule has 1 aromatic heterocycles. The van der Waals surface area contributed by atoms with Crippen LogP contribution in [-0.4, -0.2) is 60.3 Å². The Balaban J connectivity index is 1.61. The highest BCUT2D eigenvalue weighted by Gasteiger charge is 2.27. The number of hydrogen-bond donors (Lipinski definition) is 1. The van der Waals surface area contributed by atoms with Gasteiger partial charge in [-0.05, 0) is 11.1 Å². The smallest absolute Gasteiger partial charge is 0.246 e. The minimum atomic E-state index is 0.0389. The van der Waals surface area contributed by atoms with Gasteiger partial charge < -0.3 is 19.9 Å². The second-order valence-electron chi connectivity index (χ2n) is 6.44. The molecule has 1 aliphatic rings. The predicted octanol–water partition coefficient (Wildman–Crippen LogP) is 0.991. The quantitative estimate of drug-likeness (QED) is 0.628. The second kappa shape index (κ2) is 8.68. The molecule has 0 aliphatic carbocycles. The first kappa shape index (κ1) is 18.9. The van der Waals surface area contributed by atoms with E-state index in [1.54, 1.807) is 29.9 Å². The number of ether oxygens (including phenoxy) is 1. The monoisotopic (exact) mass is 370 g/mol. The number of hydrogen-bond acceptors (Lipinski definition) is 4. The summed E-state index contributed by atoms with van der Waals surface area (Å²) < 4.78 is 6.96. The summed E-state index contributed by atoms with van der Waals surface area (Å²) in [4.78, 5) is 20.7. The second-order valence-corrected chi connectivity index (χ2v) is 6.44. The van der Waals surface area contributed by atoms with Gasteiger partial charge in [0, 0.05) is 47.0 Å². The Morgan fingerprint density at radius 3 is 2.70 bits per heavy atom. The van der Waals surface area contributed by atoms with E-state index in [-0.39, 0.29) is 12.5 Å². The molecule has 0 spiro atoms. The molecule has 144 valence electrons. The van der Waals surface area contributed by atoms with E-state index >= 15 is 0 Å². The molecule has 1 amide bonds. The number of aliphatic imine (C=N–C) groups is 1. The molecule has 1 saturated heterocycles. The average molecular weight is 370 g/mol. The topological polar surface area (TPSA) is 75.0 Å². The number of amides is 1. The fraction of sp³-hybridized carbons (Fsp3) is 0.421. The molecular formula is C19H26N6O2. The Bertz CT molecular complexity index is 816. The first-order valence-electron chi connectivity index (χ1n) is 8.92. The van der Waals surface area contributed by atoms with Crippen molar-refractivity contribution in [1.82, 2.24) is 20.0 Å². The van der Waals surface area contributed by atoms with Gasteiger partial charge in [-0.1, -0.05) is 24.3 Å². The zero-order valence-electron chi connectivity index (χ0n) is 16.1. The van der Waals surface area contributed by atoms with Gasteiger partial charge in [0.2, 0.25) is 5.91 Å². The maximum atomic E-state index is 12.6. The van der Waals surface area contributed by atoms with Crippen molar-refractivity contribution in [3.05, 3.63) is 47.8 Å². The van der Waals surface area contributed by atoms with Gasteiger partial charge in [0.25, 0.3) is 0 Å². The molecule has 0 atom stereocenters. The van der Waals surface area contributed by atoms with Crippen molar-refractivity contribution in [2.45, 2.75) is 13.2 Å². The normalized spacial score (nSPS) is 15.4. The fourth-order valence-electron chi connectivity index (χ4n) is 3.21. The first-order chi connectivity index (χ1) is 13.1. The minimum Gasteiger partial charge on any atom is -0.380 e. The van der Waals surface area contributed by atoms with Crippen molar-refractivity contribution in [1.29, 1.82) is 0 Å². The Morgan fingerprint density at radius 2 is 2.07 bits per heavy atom. The predicted molar refractivity (Wildman–Crippen MR) is 104 cm³/mol. The molecule has 1 aromatic carbocycles. The van der Waals surface area contributed by atoms with E-state index in [1.165, 1.54) is 0 Å². The average Bonchev–Trinajstić information content (AvgIpc) is 3.10. The molecule has 0 unspecified atom stereocenters.